The second kappa shape index (κ2) is 8.41. The molecule has 0 atom stereocenters. The summed E-state index contributed by atoms with van der Waals surface area (Å²) in [5, 5.41) is 11.5. The minimum absolute atomic E-state index is 0.0419. The number of aliphatic hydroxyl groups is 1. The van der Waals surface area contributed by atoms with E-state index in [0.717, 1.165) is 26.2 Å². The third-order valence-corrected chi connectivity index (χ3v) is 2.79. The van der Waals surface area contributed by atoms with Crippen LogP contribution in [0, 0.1) is 0 Å². The quantitative estimate of drug-likeness (QED) is 0.527. The van der Waals surface area contributed by atoms with Gasteiger partial charge in [0.2, 0.25) is 5.91 Å². The van der Waals surface area contributed by atoms with Gasteiger partial charge in [-0.05, 0) is 7.05 Å². The maximum absolute atomic E-state index is 11.8. The molecule has 0 aromatic heterocycles. The zero-order valence-corrected chi connectivity index (χ0v) is 10.5. The van der Waals surface area contributed by atoms with Crippen molar-refractivity contribution < 1.29 is 14.6 Å². The van der Waals surface area contributed by atoms with E-state index in [1.54, 1.807) is 0 Å². The number of ether oxygens (including phenoxy) is 1. The molecule has 6 nitrogen and oxygen atoms in total. The molecule has 0 bridgehead atoms. The third kappa shape index (κ3) is 5.97. The zero-order valence-electron chi connectivity index (χ0n) is 10.5. The monoisotopic (exact) mass is 245 g/mol. The highest BCUT2D eigenvalue weighted by Gasteiger charge is 2.17. The van der Waals surface area contributed by atoms with Gasteiger partial charge in [0.25, 0.3) is 0 Å². The summed E-state index contributed by atoms with van der Waals surface area (Å²) < 4.78 is 5.08. The summed E-state index contributed by atoms with van der Waals surface area (Å²) in [7, 11) is 2.07. The van der Waals surface area contributed by atoms with Crippen LogP contribution in [-0.2, 0) is 9.53 Å². The van der Waals surface area contributed by atoms with E-state index < -0.39 is 0 Å². The molecule has 17 heavy (non-hydrogen) atoms. The first kappa shape index (κ1) is 14.4. The molecule has 0 aromatic carbocycles. The maximum atomic E-state index is 11.8. The smallest absolute Gasteiger partial charge is 0.236 e. The van der Waals surface area contributed by atoms with Gasteiger partial charge >= 0.3 is 0 Å². The Morgan fingerprint density at radius 1 is 1.29 bits per heavy atom. The minimum atomic E-state index is 0.0419. The molecule has 0 unspecified atom stereocenters. The lowest BCUT2D eigenvalue weighted by atomic mass is 10.3. The normalized spacial score (nSPS) is 17.4. The van der Waals surface area contributed by atoms with Crippen LogP contribution in [0.4, 0.5) is 0 Å². The second-order valence-electron chi connectivity index (χ2n) is 4.20. The highest BCUT2D eigenvalue weighted by molar-refractivity contribution is 5.78. The van der Waals surface area contributed by atoms with E-state index in [1.807, 2.05) is 4.90 Å². The van der Waals surface area contributed by atoms with Crippen molar-refractivity contribution in [2.45, 2.75) is 0 Å². The summed E-state index contributed by atoms with van der Waals surface area (Å²) in [6.07, 6.45) is 0. The van der Waals surface area contributed by atoms with Crippen LogP contribution in [0.25, 0.3) is 0 Å². The van der Waals surface area contributed by atoms with Crippen LogP contribution in [0.5, 0.6) is 0 Å². The molecular weight excluding hydrogens is 222 g/mol. The van der Waals surface area contributed by atoms with Crippen molar-refractivity contribution in [1.82, 2.24) is 15.1 Å². The number of likely N-dealkylation sites (N-methyl/N-ethyl adjacent to an activating group) is 1. The number of piperazine rings is 1. The van der Waals surface area contributed by atoms with E-state index in [4.69, 9.17) is 9.84 Å². The third-order valence-electron chi connectivity index (χ3n) is 2.79. The average Bonchev–Trinajstić information content (AvgIpc) is 2.34. The number of carbonyl (C=O) groups excluding carboxylic acids is 1. The first-order valence-electron chi connectivity index (χ1n) is 6.09. The molecule has 2 N–H and O–H groups in total. The molecule has 0 spiro atoms. The van der Waals surface area contributed by atoms with E-state index in [-0.39, 0.29) is 12.5 Å². The molecule has 1 rings (SSSR count). The average molecular weight is 245 g/mol. The van der Waals surface area contributed by atoms with Crippen molar-refractivity contribution in [2.75, 3.05) is 66.1 Å². The van der Waals surface area contributed by atoms with Crippen LogP contribution in [0.15, 0.2) is 0 Å². The Bertz CT molecular complexity index is 218. The number of carbonyl (C=O) groups is 1. The van der Waals surface area contributed by atoms with Crippen LogP contribution in [0.3, 0.4) is 0 Å². The highest BCUT2D eigenvalue weighted by Crippen LogP contribution is 1.98. The standard InChI is InChI=1S/C11H23N3O3/c1-13-3-5-14(6-4-13)11(16)10-12-2-8-17-9-7-15/h12,15H,2-10H2,1H3. The van der Waals surface area contributed by atoms with E-state index in [1.165, 1.54) is 0 Å². The first-order valence-corrected chi connectivity index (χ1v) is 6.09. The molecule has 1 aliphatic rings. The van der Waals surface area contributed by atoms with Crippen LogP contribution in [0.1, 0.15) is 0 Å². The number of nitrogens with one attached hydrogen (secondary N) is 1. The molecule has 0 saturated carbocycles. The van der Waals surface area contributed by atoms with Gasteiger partial charge in [0.05, 0.1) is 26.4 Å². The lowest BCUT2D eigenvalue weighted by Crippen LogP contribution is -2.49. The molecule has 100 valence electrons. The minimum Gasteiger partial charge on any atom is -0.394 e. The van der Waals surface area contributed by atoms with Gasteiger partial charge in [0.1, 0.15) is 0 Å². The van der Waals surface area contributed by atoms with Gasteiger partial charge in [0.15, 0.2) is 0 Å². The van der Waals surface area contributed by atoms with Gasteiger partial charge in [-0.15, -0.1) is 0 Å². The van der Waals surface area contributed by atoms with Crippen LogP contribution < -0.4 is 5.32 Å². The van der Waals surface area contributed by atoms with E-state index in [9.17, 15) is 4.79 Å². The number of hydrogen-bond acceptors (Lipinski definition) is 5. The summed E-state index contributed by atoms with van der Waals surface area (Å²) in [5.41, 5.74) is 0. The maximum Gasteiger partial charge on any atom is 0.236 e. The van der Waals surface area contributed by atoms with Crippen molar-refractivity contribution in [3.05, 3.63) is 0 Å². The number of aliphatic hydroxyl groups excluding tert-OH is 1. The Hall–Kier alpha value is -0.690. The number of amides is 1. The predicted molar refractivity (Wildman–Crippen MR) is 64.9 cm³/mol. The number of hydrogen-bond donors (Lipinski definition) is 2. The van der Waals surface area contributed by atoms with Crippen molar-refractivity contribution in [1.29, 1.82) is 0 Å². The predicted octanol–water partition coefficient (Wildman–Crippen LogP) is -1.64. The van der Waals surface area contributed by atoms with Gasteiger partial charge in [-0.2, -0.15) is 0 Å². The van der Waals surface area contributed by atoms with Crippen LogP contribution in [-0.4, -0.2) is 87.0 Å². The molecule has 1 heterocycles. The van der Waals surface area contributed by atoms with Gasteiger partial charge in [0, 0.05) is 32.7 Å². The van der Waals surface area contributed by atoms with Crippen molar-refractivity contribution in [3.63, 3.8) is 0 Å². The molecule has 0 aromatic rings. The molecule has 0 aliphatic carbocycles. The number of nitrogens with zero attached hydrogens (tertiary/aromatic N) is 2. The Kier molecular flexibility index (Phi) is 7.11. The van der Waals surface area contributed by atoms with E-state index in [2.05, 4.69) is 17.3 Å². The van der Waals surface area contributed by atoms with Gasteiger partial charge in [-0.3, -0.25) is 4.79 Å². The van der Waals surface area contributed by atoms with Crippen molar-refractivity contribution in [2.24, 2.45) is 0 Å². The van der Waals surface area contributed by atoms with Crippen LogP contribution >= 0.6 is 0 Å². The Morgan fingerprint density at radius 3 is 2.65 bits per heavy atom. The number of rotatable bonds is 7. The Labute approximate surface area is 103 Å². The lowest BCUT2D eigenvalue weighted by molar-refractivity contribution is -0.131. The van der Waals surface area contributed by atoms with Gasteiger partial charge in [-0.1, -0.05) is 0 Å². The van der Waals surface area contributed by atoms with E-state index >= 15 is 0 Å². The first-order chi connectivity index (χ1) is 8.24. The second-order valence-corrected chi connectivity index (χ2v) is 4.20. The summed E-state index contributed by atoms with van der Waals surface area (Å²) in [6, 6.07) is 0. The Morgan fingerprint density at radius 2 is 2.00 bits per heavy atom. The fourth-order valence-corrected chi connectivity index (χ4v) is 1.67. The summed E-state index contributed by atoms with van der Waals surface area (Å²) >= 11 is 0. The molecule has 1 amide bonds. The summed E-state index contributed by atoms with van der Waals surface area (Å²) in [4.78, 5) is 15.9. The zero-order chi connectivity index (χ0) is 12.5. The highest BCUT2D eigenvalue weighted by atomic mass is 16.5. The Balaban J connectivity index is 2.01. The molecule has 1 fully saturated rings. The molecule has 1 saturated heterocycles. The van der Waals surface area contributed by atoms with Crippen molar-refractivity contribution >= 4 is 5.91 Å². The molecular formula is C11H23N3O3. The molecule has 6 heteroatoms. The van der Waals surface area contributed by atoms with Crippen LogP contribution in [0.2, 0.25) is 0 Å². The molecule has 0 radical (unpaired) electrons. The van der Waals surface area contributed by atoms with Gasteiger partial charge in [-0.25, -0.2) is 0 Å². The fourth-order valence-electron chi connectivity index (χ4n) is 1.67. The van der Waals surface area contributed by atoms with Crippen molar-refractivity contribution in [3.8, 4) is 0 Å². The largest absolute Gasteiger partial charge is 0.394 e. The fraction of sp³-hybridized carbons (Fsp3) is 0.909. The molecule has 1 aliphatic heterocycles. The topological polar surface area (TPSA) is 65.0 Å². The summed E-state index contributed by atoms with van der Waals surface area (Å²) in [6.45, 7) is 5.46. The lowest BCUT2D eigenvalue weighted by Gasteiger charge is -2.32. The SMILES string of the molecule is CN1CCN(C(=O)CNCCOCCO)CC1. The summed E-state index contributed by atoms with van der Waals surface area (Å²) in [5.74, 6) is 0.153. The van der Waals surface area contributed by atoms with Gasteiger partial charge < -0.3 is 25.0 Å². The van der Waals surface area contributed by atoms with E-state index in [0.29, 0.717) is 26.3 Å².